The average Bonchev–Trinajstić information content (AvgIpc) is 2.67. The maximum absolute atomic E-state index is 11.9. The van der Waals surface area contributed by atoms with Crippen LogP contribution in [0.5, 0.6) is 0 Å². The van der Waals surface area contributed by atoms with Crippen LogP contribution in [0.2, 0.25) is 0 Å². The zero-order valence-corrected chi connectivity index (χ0v) is 13.6. The summed E-state index contributed by atoms with van der Waals surface area (Å²) in [6.45, 7) is 0. The van der Waals surface area contributed by atoms with E-state index in [2.05, 4.69) is 0 Å². The fourth-order valence-corrected chi connectivity index (χ4v) is 3.59. The molecule has 0 atom stereocenters. The second kappa shape index (κ2) is 5.30. The normalized spacial score (nSPS) is 17.4. The lowest BCUT2D eigenvalue weighted by molar-refractivity contribution is -0.118. The van der Waals surface area contributed by atoms with E-state index in [0.717, 1.165) is 5.56 Å². The molecule has 0 N–H and O–H groups in total. The first-order valence-corrected chi connectivity index (χ1v) is 7.70. The van der Waals surface area contributed by atoms with Gasteiger partial charge in [-0.1, -0.05) is 30.0 Å². The van der Waals surface area contributed by atoms with Crippen LogP contribution in [-0.4, -0.2) is 13.3 Å². The van der Waals surface area contributed by atoms with E-state index in [1.807, 2.05) is 22.9 Å². The molecule has 0 unspecified atom stereocenters. The summed E-state index contributed by atoms with van der Waals surface area (Å²) < 4.78 is 7.17. The van der Waals surface area contributed by atoms with Crippen LogP contribution in [-0.2, 0) is 4.79 Å². The van der Waals surface area contributed by atoms with E-state index in [4.69, 9.17) is 16.6 Å². The van der Waals surface area contributed by atoms with E-state index in [0.29, 0.717) is 20.2 Å². The van der Waals surface area contributed by atoms with Crippen LogP contribution in [0.4, 0.5) is 0 Å². The van der Waals surface area contributed by atoms with Gasteiger partial charge >= 0.3 is 0 Å². The van der Waals surface area contributed by atoms with E-state index in [1.54, 1.807) is 24.3 Å². The standard InChI is InChI=1S/C13H6INO3S2/c14-15-12(17)11(20-13(15)19)6-7-1-2-10-8(5-7)9(16)3-4-18-10/h1-6H/b11-6-. The van der Waals surface area contributed by atoms with Crippen LogP contribution in [0.25, 0.3) is 17.0 Å². The Balaban J connectivity index is 2.08. The van der Waals surface area contributed by atoms with Crippen molar-refractivity contribution in [1.82, 2.24) is 3.11 Å². The van der Waals surface area contributed by atoms with Gasteiger partial charge in [-0.2, -0.15) is 0 Å². The van der Waals surface area contributed by atoms with Gasteiger partial charge in [-0.3, -0.25) is 9.59 Å². The van der Waals surface area contributed by atoms with E-state index in [9.17, 15) is 9.59 Å². The van der Waals surface area contributed by atoms with Crippen molar-refractivity contribution in [1.29, 1.82) is 0 Å². The minimum atomic E-state index is -0.138. The highest BCUT2D eigenvalue weighted by Gasteiger charge is 2.30. The minimum absolute atomic E-state index is 0.108. The Morgan fingerprint density at radius 3 is 2.80 bits per heavy atom. The molecule has 0 saturated carbocycles. The minimum Gasteiger partial charge on any atom is -0.464 e. The summed E-state index contributed by atoms with van der Waals surface area (Å²) in [7, 11) is 0. The van der Waals surface area contributed by atoms with Crippen molar-refractivity contribution in [3.8, 4) is 0 Å². The molecule has 3 rings (SSSR count). The second-order valence-electron chi connectivity index (χ2n) is 4.00. The fourth-order valence-electron chi connectivity index (χ4n) is 1.79. The van der Waals surface area contributed by atoms with Crippen LogP contribution in [0.3, 0.4) is 0 Å². The Morgan fingerprint density at radius 2 is 2.10 bits per heavy atom. The van der Waals surface area contributed by atoms with E-state index >= 15 is 0 Å². The van der Waals surface area contributed by atoms with Crippen molar-refractivity contribution >= 4 is 74.1 Å². The highest BCUT2D eigenvalue weighted by atomic mass is 127. The molecule has 0 bridgehead atoms. The quantitative estimate of drug-likeness (QED) is 0.310. The number of halogens is 1. The number of carbonyl (C=O) groups excluding carboxylic acids is 1. The van der Waals surface area contributed by atoms with Gasteiger partial charge in [-0.15, -0.1) is 0 Å². The number of thiocarbonyl (C=S) groups is 1. The van der Waals surface area contributed by atoms with Gasteiger partial charge in [0.15, 0.2) is 9.75 Å². The number of amides is 1. The van der Waals surface area contributed by atoms with Gasteiger partial charge in [0.05, 0.1) is 39.4 Å². The molecule has 0 radical (unpaired) electrons. The van der Waals surface area contributed by atoms with Crippen molar-refractivity contribution in [3.63, 3.8) is 0 Å². The SMILES string of the molecule is O=C1/C(=C/c2ccc3occc(=O)c3c2)SC(=S)N1I. The van der Waals surface area contributed by atoms with Crippen LogP contribution in [0, 0.1) is 0 Å². The number of rotatable bonds is 1. The predicted molar refractivity (Wildman–Crippen MR) is 91.5 cm³/mol. The van der Waals surface area contributed by atoms with Gasteiger partial charge in [-0.25, -0.2) is 3.11 Å². The fraction of sp³-hybridized carbons (Fsp3) is 0. The third kappa shape index (κ3) is 2.40. The highest BCUT2D eigenvalue weighted by molar-refractivity contribution is 14.1. The molecule has 2 aromatic rings. The van der Waals surface area contributed by atoms with Gasteiger partial charge in [-0.05, 0) is 23.8 Å². The molecule has 0 spiro atoms. The molecule has 1 saturated heterocycles. The number of benzene rings is 1. The number of hydrogen-bond acceptors (Lipinski definition) is 5. The molecule has 1 amide bonds. The monoisotopic (exact) mass is 415 g/mol. The zero-order chi connectivity index (χ0) is 14.3. The van der Waals surface area contributed by atoms with Gasteiger partial charge in [0.2, 0.25) is 0 Å². The number of fused-ring (bicyclic) bond motifs is 1. The Kier molecular flexibility index (Phi) is 3.65. The third-order valence-electron chi connectivity index (χ3n) is 2.73. The summed E-state index contributed by atoms with van der Waals surface area (Å²) in [5.74, 6) is -0.138. The van der Waals surface area contributed by atoms with Crippen LogP contribution < -0.4 is 5.43 Å². The first-order valence-electron chi connectivity index (χ1n) is 5.51. The van der Waals surface area contributed by atoms with E-state index < -0.39 is 0 Å². The van der Waals surface area contributed by atoms with Gasteiger partial charge < -0.3 is 4.42 Å². The molecule has 1 aromatic heterocycles. The molecule has 1 aromatic carbocycles. The van der Waals surface area contributed by atoms with Crippen LogP contribution in [0.15, 0.2) is 44.6 Å². The lowest BCUT2D eigenvalue weighted by Gasteiger charge is -2.00. The van der Waals surface area contributed by atoms with Crippen molar-refractivity contribution in [3.05, 3.63) is 51.2 Å². The average molecular weight is 415 g/mol. The molecule has 7 heteroatoms. The molecular formula is C13H6INO3S2. The van der Waals surface area contributed by atoms with Crippen LogP contribution in [0.1, 0.15) is 5.56 Å². The summed E-state index contributed by atoms with van der Waals surface area (Å²) >= 11 is 8.19. The molecule has 1 fully saturated rings. The van der Waals surface area contributed by atoms with E-state index in [-0.39, 0.29) is 11.3 Å². The van der Waals surface area contributed by atoms with Crippen molar-refractivity contribution < 1.29 is 9.21 Å². The van der Waals surface area contributed by atoms with Gasteiger partial charge in [0, 0.05) is 6.07 Å². The van der Waals surface area contributed by atoms with Gasteiger partial charge in [0.1, 0.15) is 5.58 Å². The zero-order valence-electron chi connectivity index (χ0n) is 9.83. The topological polar surface area (TPSA) is 50.5 Å². The number of hydrogen-bond donors (Lipinski definition) is 0. The summed E-state index contributed by atoms with van der Waals surface area (Å²) in [4.78, 5) is 24.2. The van der Waals surface area contributed by atoms with E-state index in [1.165, 1.54) is 27.2 Å². The number of thioether (sulfide) groups is 1. The Bertz CT molecular complexity index is 828. The lowest BCUT2D eigenvalue weighted by atomic mass is 10.1. The summed E-state index contributed by atoms with van der Waals surface area (Å²) in [5, 5.41) is 0.492. The first-order chi connectivity index (χ1) is 9.56. The van der Waals surface area contributed by atoms with Crippen molar-refractivity contribution in [2.24, 2.45) is 0 Å². The van der Waals surface area contributed by atoms with Crippen LogP contribution >= 0.6 is 46.8 Å². The molecule has 4 nitrogen and oxygen atoms in total. The highest BCUT2D eigenvalue weighted by Crippen LogP contribution is 2.34. The molecular weight excluding hydrogens is 409 g/mol. The summed E-state index contributed by atoms with van der Waals surface area (Å²) in [6.07, 6.45) is 3.09. The molecule has 20 heavy (non-hydrogen) atoms. The summed E-state index contributed by atoms with van der Waals surface area (Å²) in [6, 6.07) is 6.59. The Hall–Kier alpha value is -1.19. The first kappa shape index (κ1) is 13.8. The molecule has 2 heterocycles. The molecule has 1 aliphatic heterocycles. The second-order valence-corrected chi connectivity index (χ2v) is 6.64. The largest absolute Gasteiger partial charge is 0.464 e. The predicted octanol–water partition coefficient (Wildman–Crippen LogP) is 3.34. The number of nitrogens with zero attached hydrogens (tertiary/aromatic N) is 1. The molecule has 1 aliphatic rings. The maximum atomic E-state index is 11.9. The van der Waals surface area contributed by atoms with Crippen molar-refractivity contribution in [2.75, 3.05) is 0 Å². The Labute approximate surface area is 137 Å². The molecule has 100 valence electrons. The van der Waals surface area contributed by atoms with Gasteiger partial charge in [0.25, 0.3) is 5.91 Å². The summed E-state index contributed by atoms with van der Waals surface area (Å²) in [5.41, 5.74) is 1.18. The van der Waals surface area contributed by atoms with Crippen molar-refractivity contribution in [2.45, 2.75) is 0 Å². The molecule has 0 aliphatic carbocycles. The third-order valence-corrected chi connectivity index (χ3v) is 5.61. The Morgan fingerprint density at radius 1 is 1.30 bits per heavy atom. The number of carbonyl (C=O) groups is 1. The lowest BCUT2D eigenvalue weighted by Crippen LogP contribution is -2.15. The smallest absolute Gasteiger partial charge is 0.275 e. The maximum Gasteiger partial charge on any atom is 0.275 e.